The summed E-state index contributed by atoms with van der Waals surface area (Å²) in [5.74, 6) is 0. The van der Waals surface area contributed by atoms with E-state index < -0.39 is 0 Å². The minimum absolute atomic E-state index is 0. The van der Waals surface area contributed by atoms with Crippen LogP contribution in [0.2, 0.25) is 0 Å². The van der Waals surface area contributed by atoms with E-state index >= 15 is 0 Å². The van der Waals surface area contributed by atoms with E-state index in [1.165, 1.54) is 0 Å². The van der Waals surface area contributed by atoms with Crippen molar-refractivity contribution in [2.24, 2.45) is 0 Å². The van der Waals surface area contributed by atoms with E-state index in [1.54, 1.807) is 0 Å². The molecule has 0 aromatic carbocycles. The maximum Gasteiger partial charge on any atom is 4.00 e. The summed E-state index contributed by atoms with van der Waals surface area (Å²) in [6, 6.07) is 0. The van der Waals surface area contributed by atoms with Gasteiger partial charge in [-0.1, -0.05) is 0 Å². The predicted octanol–water partition coefficient (Wildman–Crippen LogP) is 1.07. The molecule has 0 spiro atoms. The van der Waals surface area contributed by atoms with Crippen LogP contribution in [0.3, 0.4) is 0 Å². The summed E-state index contributed by atoms with van der Waals surface area (Å²) in [4.78, 5) is 0. The van der Waals surface area contributed by atoms with Crippen molar-refractivity contribution < 1.29 is 59.9 Å². The first-order valence-electron chi connectivity index (χ1n) is 0. The molecule has 7 heteroatoms. The molecule has 0 aromatic heterocycles. The van der Waals surface area contributed by atoms with E-state index in [1.807, 2.05) is 0 Å². The smallest absolute Gasteiger partial charge is 2.00 e. The van der Waals surface area contributed by atoms with Crippen molar-refractivity contribution in [1.29, 1.82) is 0 Å². The minimum Gasteiger partial charge on any atom is -2.00 e. The Bertz CT molecular complexity index is 10.9. The Kier molecular flexibility index (Phi) is 7560. The fourth-order valence-electron chi connectivity index (χ4n) is 0. The molecule has 0 aromatic rings. The Labute approximate surface area is 72.1 Å². The van der Waals surface area contributed by atoms with Crippen LogP contribution in [0.1, 0.15) is 0 Å². The zero-order valence-corrected chi connectivity index (χ0v) is 6.50. The molecule has 0 atom stereocenters. The molecule has 0 saturated heterocycles. The average molecular weight is 176 g/mol. The quantitative estimate of drug-likeness (QED) is 0.484. The Balaban J connectivity index is 0. The zero-order valence-electron chi connectivity index (χ0n) is 3.38. The molecule has 7 heavy (non-hydrogen) atoms. The summed E-state index contributed by atoms with van der Waals surface area (Å²) in [6.07, 6.45) is 0. The van der Waals surface area contributed by atoms with Crippen LogP contribution in [0.25, 0.3) is 12.3 Å². The molecule has 4 N–H and O–H groups in total. The molecule has 5 nitrogen and oxygen atoms in total. The van der Waals surface area contributed by atoms with Gasteiger partial charge in [0.25, 0.3) is 0 Å². The van der Waals surface area contributed by atoms with Gasteiger partial charge in [0.05, 0.1) is 0 Å². The topological polar surface area (TPSA) is 152 Å². The summed E-state index contributed by atoms with van der Waals surface area (Å²) in [5.41, 5.74) is 0. The molecular formula is H4N2O3Ti2. The second kappa shape index (κ2) is 186. The minimum atomic E-state index is 0. The van der Waals surface area contributed by atoms with E-state index in [0.29, 0.717) is 0 Å². The van der Waals surface area contributed by atoms with Gasteiger partial charge in [0.1, 0.15) is 0 Å². The van der Waals surface area contributed by atoms with E-state index in [0.717, 1.165) is 0 Å². The van der Waals surface area contributed by atoms with Crippen molar-refractivity contribution in [1.82, 2.24) is 0 Å². The molecule has 0 aliphatic rings. The molecule has 0 rings (SSSR count). The van der Waals surface area contributed by atoms with Gasteiger partial charge in [-0.15, -0.1) is 0 Å². The summed E-state index contributed by atoms with van der Waals surface area (Å²) in [7, 11) is 0. The summed E-state index contributed by atoms with van der Waals surface area (Å²) in [6.45, 7) is 0. The number of hydrogen-bond donors (Lipinski definition) is 0. The van der Waals surface area contributed by atoms with Crippen molar-refractivity contribution in [3.05, 3.63) is 12.3 Å². The monoisotopic (exact) mass is 176 g/mol. The summed E-state index contributed by atoms with van der Waals surface area (Å²) >= 11 is 0. The first-order valence-corrected chi connectivity index (χ1v) is 0. The molecular weight excluding hydrogens is 172 g/mol. The SMILES string of the molecule is [NH2-].[NH2-].[O-2].[O-2].[O-2].[Ti+4].[Ti+4]. The van der Waals surface area contributed by atoms with Crippen LogP contribution in [-0.4, -0.2) is 0 Å². The van der Waals surface area contributed by atoms with Crippen LogP contribution in [0.4, 0.5) is 0 Å². The Morgan fingerprint density at radius 1 is 0.429 bits per heavy atom. The third kappa shape index (κ3) is 131. The number of hydrogen-bond acceptors (Lipinski definition) is 0. The average Bonchev–Trinajstić information content (AvgIpc) is 0. The third-order valence-corrected chi connectivity index (χ3v) is 0. The van der Waals surface area contributed by atoms with Gasteiger partial charge >= 0.3 is 43.4 Å². The molecule has 0 amide bonds. The largest absolute Gasteiger partial charge is 4.00 e. The third-order valence-electron chi connectivity index (χ3n) is 0. The van der Waals surface area contributed by atoms with Crippen molar-refractivity contribution in [2.45, 2.75) is 0 Å². The summed E-state index contributed by atoms with van der Waals surface area (Å²) in [5, 5.41) is 0. The van der Waals surface area contributed by atoms with Gasteiger partial charge in [-0.25, -0.2) is 0 Å². The zero-order chi connectivity index (χ0) is 0. The molecule has 0 saturated carbocycles. The molecule has 0 fully saturated rings. The van der Waals surface area contributed by atoms with Gasteiger partial charge in [-0.05, 0) is 0 Å². The van der Waals surface area contributed by atoms with Gasteiger partial charge in [0.15, 0.2) is 0 Å². The molecule has 0 bridgehead atoms. The molecule has 0 aliphatic carbocycles. The second-order valence-corrected chi connectivity index (χ2v) is 0. The van der Waals surface area contributed by atoms with Gasteiger partial charge in [0.2, 0.25) is 0 Å². The standard InChI is InChI=1S/2H2N.3O.2Ti/h2*1H2;;;;;/q2*-1;3*-2;2*+4. The molecule has 0 heterocycles. The van der Waals surface area contributed by atoms with E-state index in [2.05, 4.69) is 0 Å². The fraction of sp³-hybridized carbons (Fsp3) is 0. The molecule has 40 valence electrons. The van der Waals surface area contributed by atoms with Crippen LogP contribution in [0.15, 0.2) is 0 Å². The van der Waals surface area contributed by atoms with E-state index in [-0.39, 0.29) is 72.2 Å². The van der Waals surface area contributed by atoms with Crippen LogP contribution in [-0.2, 0) is 59.9 Å². The first kappa shape index (κ1) is 285. The molecule has 0 unspecified atom stereocenters. The van der Waals surface area contributed by atoms with Crippen molar-refractivity contribution in [3.8, 4) is 0 Å². The molecule has 0 radical (unpaired) electrons. The summed E-state index contributed by atoms with van der Waals surface area (Å²) < 4.78 is 0. The van der Waals surface area contributed by atoms with E-state index in [4.69, 9.17) is 0 Å². The Morgan fingerprint density at radius 2 is 0.429 bits per heavy atom. The van der Waals surface area contributed by atoms with Crippen molar-refractivity contribution >= 4 is 0 Å². The molecule has 0 aliphatic heterocycles. The van der Waals surface area contributed by atoms with Gasteiger partial charge in [-0.2, -0.15) is 0 Å². The van der Waals surface area contributed by atoms with Gasteiger partial charge < -0.3 is 28.7 Å². The normalized spacial score (nSPS) is 0. The van der Waals surface area contributed by atoms with Gasteiger partial charge in [-0.3, -0.25) is 0 Å². The van der Waals surface area contributed by atoms with Crippen LogP contribution in [0.5, 0.6) is 0 Å². The van der Waals surface area contributed by atoms with E-state index in [9.17, 15) is 0 Å². The fourth-order valence-corrected chi connectivity index (χ4v) is 0. The van der Waals surface area contributed by atoms with Gasteiger partial charge in [0, 0.05) is 0 Å². The second-order valence-electron chi connectivity index (χ2n) is 0. The number of rotatable bonds is 0. The Hall–Kier alpha value is 1.23. The van der Waals surface area contributed by atoms with Crippen molar-refractivity contribution in [3.63, 3.8) is 0 Å². The predicted molar refractivity (Wildman–Crippen MR) is 12.6 cm³/mol. The maximum absolute atomic E-state index is 0. The van der Waals surface area contributed by atoms with Crippen LogP contribution in [0, 0.1) is 0 Å². The maximum atomic E-state index is 0. The van der Waals surface area contributed by atoms with Crippen LogP contribution < -0.4 is 0 Å². The number of nitrogens with two attached hydrogens (primary N) is 2. The first-order chi connectivity index (χ1) is 0. The Morgan fingerprint density at radius 3 is 0.429 bits per heavy atom. The van der Waals surface area contributed by atoms with Crippen LogP contribution >= 0.6 is 0 Å². The van der Waals surface area contributed by atoms with Crippen molar-refractivity contribution in [2.75, 3.05) is 0 Å².